The van der Waals surface area contributed by atoms with E-state index in [-0.39, 0.29) is 12.5 Å². The Morgan fingerprint density at radius 2 is 1.28 bits per heavy atom. The summed E-state index contributed by atoms with van der Waals surface area (Å²) in [5.41, 5.74) is 0. The first-order chi connectivity index (χ1) is 14.2. The minimum Gasteiger partial charge on any atom is -0.394 e. The van der Waals surface area contributed by atoms with Gasteiger partial charge in [0.25, 0.3) is 0 Å². The normalized spacial score (nSPS) is 13.7. The zero-order valence-corrected chi connectivity index (χ0v) is 19.3. The maximum Gasteiger partial charge on any atom is 0.220 e. The van der Waals surface area contributed by atoms with Crippen LogP contribution in [0.4, 0.5) is 0 Å². The first kappa shape index (κ1) is 28.1. The second-order valence-corrected chi connectivity index (χ2v) is 8.41. The molecule has 0 aliphatic rings. The Labute approximate surface area is 180 Å². The van der Waals surface area contributed by atoms with Gasteiger partial charge in [-0.3, -0.25) is 4.79 Å². The monoisotopic (exact) mass is 411 g/mol. The van der Waals surface area contributed by atoms with Crippen LogP contribution in [0.2, 0.25) is 0 Å². The molecule has 1 amide bonds. The van der Waals surface area contributed by atoms with Crippen molar-refractivity contribution in [1.82, 2.24) is 5.32 Å². The highest BCUT2D eigenvalue weighted by atomic mass is 16.3. The van der Waals surface area contributed by atoms with Crippen LogP contribution in [-0.4, -0.2) is 34.9 Å². The van der Waals surface area contributed by atoms with E-state index in [0.29, 0.717) is 6.42 Å². The van der Waals surface area contributed by atoms with Crippen LogP contribution in [0.15, 0.2) is 12.2 Å². The molecular formula is C25H49NO3. The third kappa shape index (κ3) is 18.9. The van der Waals surface area contributed by atoms with Gasteiger partial charge in [-0.25, -0.2) is 0 Å². The van der Waals surface area contributed by atoms with E-state index in [1.165, 1.54) is 77.0 Å². The quantitative estimate of drug-likeness (QED) is 0.159. The predicted octanol–water partition coefficient (Wildman–Crippen LogP) is 6.05. The number of hydrogen-bond donors (Lipinski definition) is 3. The van der Waals surface area contributed by atoms with Crippen molar-refractivity contribution in [2.75, 3.05) is 6.61 Å². The number of hydrogen-bond acceptors (Lipinski definition) is 3. The summed E-state index contributed by atoms with van der Waals surface area (Å²) in [7, 11) is 0. The van der Waals surface area contributed by atoms with Gasteiger partial charge in [0.2, 0.25) is 5.91 Å². The summed E-state index contributed by atoms with van der Waals surface area (Å²) in [6.45, 7) is 4.20. The Hall–Kier alpha value is -0.870. The first-order valence-corrected chi connectivity index (χ1v) is 12.4. The Balaban J connectivity index is 3.76. The molecule has 0 aromatic rings. The molecule has 0 bridgehead atoms. The van der Waals surface area contributed by atoms with Crippen molar-refractivity contribution in [3.05, 3.63) is 12.2 Å². The van der Waals surface area contributed by atoms with Crippen LogP contribution in [0, 0.1) is 0 Å². The molecule has 0 rings (SSSR count). The lowest BCUT2D eigenvalue weighted by molar-refractivity contribution is -0.123. The van der Waals surface area contributed by atoms with Gasteiger partial charge in [-0.1, -0.05) is 109 Å². The molecule has 2 unspecified atom stereocenters. The summed E-state index contributed by atoms with van der Waals surface area (Å²) in [5, 5.41) is 22.5. The van der Waals surface area contributed by atoms with Crippen LogP contribution in [0.25, 0.3) is 0 Å². The van der Waals surface area contributed by atoms with Crippen LogP contribution in [0.5, 0.6) is 0 Å². The number of allylic oxidation sites excluding steroid dienone is 1. The van der Waals surface area contributed by atoms with Gasteiger partial charge < -0.3 is 15.5 Å². The van der Waals surface area contributed by atoms with Crippen LogP contribution in [-0.2, 0) is 4.79 Å². The van der Waals surface area contributed by atoms with Crippen LogP contribution in [0.1, 0.15) is 123 Å². The zero-order valence-electron chi connectivity index (χ0n) is 19.3. The SMILES string of the molecule is CCCCCCCCCCC/C=C/C(O)C(CO)NC(=O)CCCCCCCC. The minimum absolute atomic E-state index is 0.0778. The van der Waals surface area contributed by atoms with Gasteiger partial charge in [-0.05, 0) is 19.3 Å². The van der Waals surface area contributed by atoms with E-state index in [1.807, 2.05) is 6.08 Å². The van der Waals surface area contributed by atoms with Crippen molar-refractivity contribution in [3.8, 4) is 0 Å². The number of unbranched alkanes of at least 4 members (excludes halogenated alkanes) is 14. The van der Waals surface area contributed by atoms with Gasteiger partial charge >= 0.3 is 0 Å². The number of amides is 1. The largest absolute Gasteiger partial charge is 0.394 e. The van der Waals surface area contributed by atoms with Gasteiger partial charge in [0.15, 0.2) is 0 Å². The molecule has 29 heavy (non-hydrogen) atoms. The average molecular weight is 412 g/mol. The number of aliphatic hydroxyl groups excluding tert-OH is 2. The Bertz CT molecular complexity index is 384. The fourth-order valence-electron chi connectivity index (χ4n) is 3.53. The molecule has 4 nitrogen and oxygen atoms in total. The van der Waals surface area contributed by atoms with Crippen LogP contribution in [0.3, 0.4) is 0 Å². The molecule has 0 fully saturated rings. The fraction of sp³-hybridized carbons (Fsp3) is 0.880. The van der Waals surface area contributed by atoms with E-state index in [0.717, 1.165) is 25.7 Å². The summed E-state index contributed by atoms with van der Waals surface area (Å²) in [6.07, 6.45) is 22.9. The highest BCUT2D eigenvalue weighted by Gasteiger charge is 2.17. The highest BCUT2D eigenvalue weighted by Crippen LogP contribution is 2.11. The van der Waals surface area contributed by atoms with Crippen molar-refractivity contribution in [2.24, 2.45) is 0 Å². The summed E-state index contributed by atoms with van der Waals surface area (Å²) in [5.74, 6) is -0.0778. The highest BCUT2D eigenvalue weighted by molar-refractivity contribution is 5.76. The van der Waals surface area contributed by atoms with Gasteiger partial charge in [0.05, 0.1) is 18.8 Å². The molecular weight excluding hydrogens is 362 g/mol. The summed E-state index contributed by atoms with van der Waals surface area (Å²) in [4.78, 5) is 12.0. The van der Waals surface area contributed by atoms with Crippen molar-refractivity contribution in [2.45, 2.75) is 135 Å². The zero-order chi connectivity index (χ0) is 21.6. The third-order valence-corrected chi connectivity index (χ3v) is 5.52. The molecule has 0 aromatic carbocycles. The number of carbonyl (C=O) groups is 1. The lowest BCUT2D eigenvalue weighted by atomic mass is 10.1. The Morgan fingerprint density at radius 3 is 1.79 bits per heavy atom. The molecule has 2 atom stereocenters. The molecule has 0 saturated carbocycles. The molecule has 0 aliphatic heterocycles. The second-order valence-electron chi connectivity index (χ2n) is 8.41. The topological polar surface area (TPSA) is 69.6 Å². The lowest BCUT2D eigenvalue weighted by Crippen LogP contribution is -2.45. The van der Waals surface area contributed by atoms with Crippen LogP contribution < -0.4 is 5.32 Å². The summed E-state index contributed by atoms with van der Waals surface area (Å²) in [6, 6.07) is -0.609. The second kappa shape index (κ2) is 21.8. The smallest absolute Gasteiger partial charge is 0.220 e. The molecule has 0 saturated heterocycles. The summed E-state index contributed by atoms with van der Waals surface area (Å²) >= 11 is 0. The maximum absolute atomic E-state index is 12.0. The molecule has 4 heteroatoms. The summed E-state index contributed by atoms with van der Waals surface area (Å²) < 4.78 is 0. The lowest BCUT2D eigenvalue weighted by Gasteiger charge is -2.20. The van der Waals surface area contributed by atoms with Crippen LogP contribution >= 0.6 is 0 Å². The molecule has 3 N–H and O–H groups in total. The average Bonchev–Trinajstić information content (AvgIpc) is 2.72. The number of rotatable bonds is 21. The predicted molar refractivity (Wildman–Crippen MR) is 124 cm³/mol. The molecule has 172 valence electrons. The number of carbonyl (C=O) groups excluding carboxylic acids is 1. The van der Waals surface area contributed by atoms with Gasteiger partial charge in [0, 0.05) is 6.42 Å². The molecule has 0 spiro atoms. The maximum atomic E-state index is 12.0. The number of nitrogens with one attached hydrogen (secondary N) is 1. The Kier molecular flexibility index (Phi) is 21.2. The van der Waals surface area contributed by atoms with E-state index in [1.54, 1.807) is 6.08 Å². The van der Waals surface area contributed by atoms with Crippen molar-refractivity contribution in [3.63, 3.8) is 0 Å². The van der Waals surface area contributed by atoms with E-state index < -0.39 is 12.1 Å². The fourth-order valence-corrected chi connectivity index (χ4v) is 3.53. The third-order valence-electron chi connectivity index (χ3n) is 5.52. The van der Waals surface area contributed by atoms with Gasteiger partial charge in [0.1, 0.15) is 0 Å². The van der Waals surface area contributed by atoms with E-state index in [4.69, 9.17) is 0 Å². The van der Waals surface area contributed by atoms with E-state index in [2.05, 4.69) is 19.2 Å². The number of aliphatic hydroxyl groups is 2. The molecule has 0 aliphatic carbocycles. The van der Waals surface area contributed by atoms with Crippen molar-refractivity contribution < 1.29 is 15.0 Å². The van der Waals surface area contributed by atoms with E-state index in [9.17, 15) is 15.0 Å². The van der Waals surface area contributed by atoms with Gasteiger partial charge in [-0.2, -0.15) is 0 Å². The van der Waals surface area contributed by atoms with Gasteiger partial charge in [-0.15, -0.1) is 0 Å². The molecule has 0 radical (unpaired) electrons. The standard InChI is InChI=1S/C25H49NO3/c1-3-5-7-9-11-12-13-14-15-16-18-20-24(28)23(22-27)26-25(29)21-19-17-10-8-6-4-2/h18,20,23-24,27-28H,3-17,19,21-22H2,1-2H3,(H,26,29)/b20-18+. The first-order valence-electron chi connectivity index (χ1n) is 12.4. The Morgan fingerprint density at radius 1 is 0.793 bits per heavy atom. The molecule has 0 heterocycles. The molecule has 0 aromatic heterocycles. The van der Waals surface area contributed by atoms with Crippen molar-refractivity contribution in [1.29, 1.82) is 0 Å². The van der Waals surface area contributed by atoms with E-state index >= 15 is 0 Å². The van der Waals surface area contributed by atoms with Crippen molar-refractivity contribution >= 4 is 5.91 Å². The minimum atomic E-state index is -0.827.